The van der Waals surface area contributed by atoms with Crippen LogP contribution in [0.3, 0.4) is 0 Å². The number of pyridine rings is 1. The Labute approximate surface area is 95.7 Å². The van der Waals surface area contributed by atoms with Crippen LogP contribution in [0.15, 0.2) is 40.9 Å². The summed E-state index contributed by atoms with van der Waals surface area (Å²) >= 11 is 3.55. The summed E-state index contributed by atoms with van der Waals surface area (Å²) in [5.74, 6) is 0. The average Bonchev–Trinajstić information content (AvgIpc) is 2.56. The lowest BCUT2D eigenvalue weighted by atomic mass is 10.2. The van der Waals surface area contributed by atoms with E-state index in [0.717, 1.165) is 21.2 Å². The molecule has 1 aromatic carbocycles. The van der Waals surface area contributed by atoms with Crippen molar-refractivity contribution in [1.29, 1.82) is 0 Å². The maximum atomic E-state index is 4.51. The van der Waals surface area contributed by atoms with Gasteiger partial charge in [0.25, 0.3) is 0 Å². The molecule has 0 bridgehead atoms. The number of nitrogens with zero attached hydrogens (tertiary/aromatic N) is 2. The topological polar surface area (TPSA) is 17.3 Å². The van der Waals surface area contributed by atoms with Crippen LogP contribution in [0, 0.1) is 6.92 Å². The number of aromatic nitrogens is 2. The minimum atomic E-state index is 1.02. The molecular formula is C12H9BrN2. The van der Waals surface area contributed by atoms with Gasteiger partial charge in [-0.05, 0) is 35.0 Å². The Morgan fingerprint density at radius 1 is 1.07 bits per heavy atom. The van der Waals surface area contributed by atoms with Crippen molar-refractivity contribution in [2.24, 2.45) is 0 Å². The van der Waals surface area contributed by atoms with E-state index in [-0.39, 0.29) is 0 Å². The highest BCUT2D eigenvalue weighted by Gasteiger charge is 2.07. The van der Waals surface area contributed by atoms with E-state index in [1.165, 1.54) is 5.39 Å². The summed E-state index contributed by atoms with van der Waals surface area (Å²) in [4.78, 5) is 0. The Morgan fingerprint density at radius 3 is 2.73 bits per heavy atom. The third-order valence-electron chi connectivity index (χ3n) is 2.61. The van der Waals surface area contributed by atoms with E-state index in [4.69, 9.17) is 0 Å². The molecule has 3 aromatic rings. The summed E-state index contributed by atoms with van der Waals surface area (Å²) in [7, 11) is 0. The normalized spacial score (nSPS) is 11.3. The summed E-state index contributed by atoms with van der Waals surface area (Å²) in [6.45, 7) is 2.01. The van der Waals surface area contributed by atoms with Crippen LogP contribution in [0.4, 0.5) is 0 Å². The Balaban J connectivity index is 2.60. The van der Waals surface area contributed by atoms with Crippen LogP contribution in [0.2, 0.25) is 0 Å². The van der Waals surface area contributed by atoms with Crippen LogP contribution in [0.25, 0.3) is 16.4 Å². The van der Waals surface area contributed by atoms with Gasteiger partial charge in [0, 0.05) is 5.39 Å². The molecule has 0 N–H and O–H groups in total. The first-order valence-electron chi connectivity index (χ1n) is 4.80. The van der Waals surface area contributed by atoms with Gasteiger partial charge >= 0.3 is 0 Å². The fraction of sp³-hybridized carbons (Fsp3) is 0.0833. The minimum absolute atomic E-state index is 1.02. The Bertz CT molecular complexity index is 655. The summed E-state index contributed by atoms with van der Waals surface area (Å²) in [5, 5.41) is 5.72. The Hall–Kier alpha value is -1.35. The van der Waals surface area contributed by atoms with Gasteiger partial charge in [-0.2, -0.15) is 5.10 Å². The highest BCUT2D eigenvalue weighted by atomic mass is 79.9. The molecule has 0 saturated carbocycles. The largest absolute Gasteiger partial charge is 0.232 e. The van der Waals surface area contributed by atoms with Crippen molar-refractivity contribution < 1.29 is 0 Å². The van der Waals surface area contributed by atoms with Crippen LogP contribution in [0.5, 0.6) is 0 Å². The van der Waals surface area contributed by atoms with Crippen molar-refractivity contribution in [3.63, 3.8) is 0 Å². The van der Waals surface area contributed by atoms with Gasteiger partial charge in [0.2, 0.25) is 0 Å². The molecule has 0 saturated heterocycles. The fourth-order valence-electron chi connectivity index (χ4n) is 1.84. The standard InChI is InChI=1S/C12H9BrN2/c1-8-12(13)11-7-6-9-4-2-3-5-10(9)15(11)14-8/h2-7H,1H3. The predicted octanol–water partition coefficient (Wildman–Crippen LogP) is 3.56. The summed E-state index contributed by atoms with van der Waals surface area (Å²) in [5.41, 5.74) is 3.28. The highest BCUT2D eigenvalue weighted by Crippen LogP contribution is 2.25. The van der Waals surface area contributed by atoms with Crippen molar-refractivity contribution in [2.45, 2.75) is 6.92 Å². The molecule has 0 unspecified atom stereocenters. The third kappa shape index (κ3) is 1.20. The first-order valence-corrected chi connectivity index (χ1v) is 5.59. The van der Waals surface area contributed by atoms with Gasteiger partial charge in [0.1, 0.15) is 0 Å². The molecule has 15 heavy (non-hydrogen) atoms. The number of para-hydroxylation sites is 1. The van der Waals surface area contributed by atoms with Gasteiger partial charge in [-0.1, -0.05) is 24.3 Å². The molecular weight excluding hydrogens is 252 g/mol. The Kier molecular flexibility index (Phi) is 1.83. The molecule has 0 fully saturated rings. The SMILES string of the molecule is Cc1nn2c(ccc3ccccc32)c1Br. The number of rotatable bonds is 0. The minimum Gasteiger partial charge on any atom is -0.232 e. The molecule has 2 heterocycles. The van der Waals surface area contributed by atoms with E-state index in [2.05, 4.69) is 45.3 Å². The maximum absolute atomic E-state index is 4.51. The van der Waals surface area contributed by atoms with E-state index < -0.39 is 0 Å². The third-order valence-corrected chi connectivity index (χ3v) is 3.59. The summed E-state index contributed by atoms with van der Waals surface area (Å²) < 4.78 is 3.06. The second-order valence-corrected chi connectivity index (χ2v) is 4.38. The van der Waals surface area contributed by atoms with Crippen LogP contribution >= 0.6 is 15.9 Å². The van der Waals surface area contributed by atoms with E-state index in [1.807, 2.05) is 23.6 Å². The van der Waals surface area contributed by atoms with Crippen LogP contribution in [-0.4, -0.2) is 9.61 Å². The van der Waals surface area contributed by atoms with Crippen molar-refractivity contribution >= 4 is 32.3 Å². The molecule has 0 aliphatic heterocycles. The molecule has 0 atom stereocenters. The van der Waals surface area contributed by atoms with Crippen LogP contribution in [-0.2, 0) is 0 Å². The molecule has 0 radical (unpaired) electrons. The zero-order chi connectivity index (χ0) is 10.4. The molecule has 0 aliphatic carbocycles. The summed E-state index contributed by atoms with van der Waals surface area (Å²) in [6, 6.07) is 12.5. The number of hydrogen-bond donors (Lipinski definition) is 0. The molecule has 3 rings (SSSR count). The number of benzene rings is 1. The van der Waals surface area contributed by atoms with Crippen molar-refractivity contribution in [1.82, 2.24) is 9.61 Å². The van der Waals surface area contributed by atoms with E-state index in [0.29, 0.717) is 0 Å². The number of fused-ring (bicyclic) bond motifs is 3. The van der Waals surface area contributed by atoms with E-state index in [1.54, 1.807) is 0 Å². The molecule has 3 heteroatoms. The zero-order valence-corrected chi connectivity index (χ0v) is 9.82. The molecule has 0 aliphatic rings. The van der Waals surface area contributed by atoms with Gasteiger partial charge < -0.3 is 0 Å². The van der Waals surface area contributed by atoms with Crippen molar-refractivity contribution in [2.75, 3.05) is 0 Å². The molecule has 2 nitrogen and oxygen atoms in total. The monoisotopic (exact) mass is 260 g/mol. The molecule has 74 valence electrons. The average molecular weight is 261 g/mol. The maximum Gasteiger partial charge on any atom is 0.0814 e. The molecule has 0 amide bonds. The highest BCUT2D eigenvalue weighted by molar-refractivity contribution is 9.10. The lowest BCUT2D eigenvalue weighted by molar-refractivity contribution is 0.971. The van der Waals surface area contributed by atoms with Gasteiger partial charge in [0.05, 0.1) is 21.2 Å². The lowest BCUT2D eigenvalue weighted by Gasteiger charge is -2.00. The Morgan fingerprint density at radius 2 is 1.87 bits per heavy atom. The van der Waals surface area contributed by atoms with E-state index in [9.17, 15) is 0 Å². The fourth-order valence-corrected chi connectivity index (χ4v) is 2.22. The molecule has 0 spiro atoms. The number of halogens is 1. The number of hydrogen-bond acceptors (Lipinski definition) is 1. The van der Waals surface area contributed by atoms with Gasteiger partial charge in [-0.15, -0.1) is 0 Å². The van der Waals surface area contributed by atoms with Crippen LogP contribution < -0.4 is 0 Å². The van der Waals surface area contributed by atoms with Crippen molar-refractivity contribution in [3.05, 3.63) is 46.6 Å². The second kappa shape index (κ2) is 3.07. The van der Waals surface area contributed by atoms with E-state index >= 15 is 0 Å². The van der Waals surface area contributed by atoms with Gasteiger partial charge in [-0.25, -0.2) is 4.52 Å². The smallest absolute Gasteiger partial charge is 0.0814 e. The van der Waals surface area contributed by atoms with Gasteiger partial charge in [0.15, 0.2) is 0 Å². The number of aryl methyl sites for hydroxylation is 1. The van der Waals surface area contributed by atoms with Crippen molar-refractivity contribution in [3.8, 4) is 0 Å². The summed E-state index contributed by atoms with van der Waals surface area (Å²) in [6.07, 6.45) is 0. The zero-order valence-electron chi connectivity index (χ0n) is 8.24. The predicted molar refractivity (Wildman–Crippen MR) is 65.1 cm³/mol. The second-order valence-electron chi connectivity index (χ2n) is 3.59. The lowest BCUT2D eigenvalue weighted by Crippen LogP contribution is -1.89. The first-order chi connectivity index (χ1) is 7.27. The first kappa shape index (κ1) is 8.92. The quantitative estimate of drug-likeness (QED) is 0.604. The molecule has 2 aromatic heterocycles. The van der Waals surface area contributed by atoms with Gasteiger partial charge in [-0.3, -0.25) is 0 Å². The van der Waals surface area contributed by atoms with Crippen LogP contribution in [0.1, 0.15) is 5.69 Å².